The lowest BCUT2D eigenvalue weighted by Gasteiger charge is -2.31. The summed E-state index contributed by atoms with van der Waals surface area (Å²) >= 11 is 0. The van der Waals surface area contributed by atoms with Crippen LogP contribution in [0.3, 0.4) is 0 Å². The molecule has 0 spiro atoms. The van der Waals surface area contributed by atoms with Crippen molar-refractivity contribution < 1.29 is 0 Å². The van der Waals surface area contributed by atoms with Gasteiger partial charge in [0.1, 0.15) is 0 Å². The average molecular weight is 577 g/mol. The quantitative estimate of drug-likeness (QED) is 0.217. The second-order valence-electron chi connectivity index (χ2n) is 11.7. The van der Waals surface area contributed by atoms with Crippen molar-refractivity contribution in [3.05, 3.63) is 169 Å². The van der Waals surface area contributed by atoms with Gasteiger partial charge in [-0.1, -0.05) is 158 Å². The van der Waals surface area contributed by atoms with Crippen LogP contribution in [0.25, 0.3) is 44.9 Å². The molecule has 1 aliphatic carbocycles. The van der Waals surface area contributed by atoms with Gasteiger partial charge in [-0.05, 0) is 43.0 Å². The molecule has 1 aromatic heterocycles. The lowest BCUT2D eigenvalue weighted by atomic mass is 10.00. The topological polar surface area (TPSA) is 25.8 Å². The molecule has 0 saturated heterocycles. The van der Waals surface area contributed by atoms with E-state index in [9.17, 15) is 0 Å². The summed E-state index contributed by atoms with van der Waals surface area (Å²) in [7, 11) is -2.60. The van der Waals surface area contributed by atoms with E-state index in [4.69, 9.17) is 9.97 Å². The summed E-state index contributed by atoms with van der Waals surface area (Å²) in [6.45, 7) is 0. The first-order valence-corrected chi connectivity index (χ1v) is 17.2. The van der Waals surface area contributed by atoms with Crippen LogP contribution in [0.4, 0.5) is 0 Å². The number of nitrogens with zero attached hydrogens (tertiary/aromatic N) is 2. The van der Waals surface area contributed by atoms with Crippen molar-refractivity contribution in [1.82, 2.24) is 9.97 Å². The van der Waals surface area contributed by atoms with Gasteiger partial charge in [-0.15, -0.1) is 0 Å². The van der Waals surface area contributed by atoms with Crippen molar-refractivity contribution >= 4 is 28.8 Å². The monoisotopic (exact) mass is 576 g/mol. The molecular formula is C41H28N2Si. The van der Waals surface area contributed by atoms with Crippen LogP contribution in [0.15, 0.2) is 158 Å². The summed E-state index contributed by atoms with van der Waals surface area (Å²) in [6.07, 6.45) is 0.823. The van der Waals surface area contributed by atoms with Crippen molar-refractivity contribution in [3.8, 4) is 44.9 Å². The Morgan fingerprint density at radius 1 is 0.455 bits per heavy atom. The van der Waals surface area contributed by atoms with Crippen LogP contribution in [0.5, 0.6) is 0 Å². The summed E-state index contributed by atoms with van der Waals surface area (Å²) in [4.78, 5) is 10.7. The van der Waals surface area contributed by atoms with Crippen LogP contribution in [0, 0.1) is 0 Å². The number of aromatic nitrogens is 2. The van der Waals surface area contributed by atoms with Crippen LogP contribution in [-0.2, 0) is 6.42 Å². The van der Waals surface area contributed by atoms with E-state index in [-0.39, 0.29) is 0 Å². The number of benzene rings is 6. The largest absolute Gasteiger partial charge is 0.232 e. The Hall–Kier alpha value is -5.38. The number of hydrogen-bond donors (Lipinski definition) is 0. The standard InChI is InChI=1S/C41H28N2Si/c1-4-14-28(15-5-1)40-39-33-21-11-10-16-29(33)26-36(39)42-41(43-40)30-24-25-35-34-22-12-13-23-37(34)44(38(35)27-30,31-17-6-2-7-18-31)32-19-8-3-9-20-32/h1-25,27H,26H2. The minimum Gasteiger partial charge on any atom is -0.232 e. The highest BCUT2D eigenvalue weighted by Gasteiger charge is 2.48. The molecule has 9 rings (SSSR count). The van der Waals surface area contributed by atoms with Gasteiger partial charge in [0.05, 0.1) is 11.4 Å². The molecule has 1 aliphatic heterocycles. The summed E-state index contributed by atoms with van der Waals surface area (Å²) in [6, 6.07) is 57.5. The Labute approximate surface area is 258 Å². The van der Waals surface area contributed by atoms with E-state index in [1.807, 2.05) is 0 Å². The molecule has 0 N–H and O–H groups in total. The van der Waals surface area contributed by atoms with Gasteiger partial charge in [0.15, 0.2) is 13.9 Å². The first-order chi connectivity index (χ1) is 21.8. The normalized spacial score (nSPS) is 13.5. The Bertz CT molecular complexity index is 2150. The molecule has 0 radical (unpaired) electrons. The summed E-state index contributed by atoms with van der Waals surface area (Å²) in [5.74, 6) is 0.790. The third kappa shape index (κ3) is 3.60. The first kappa shape index (κ1) is 25.1. The van der Waals surface area contributed by atoms with Crippen LogP contribution in [0.1, 0.15) is 11.3 Å². The van der Waals surface area contributed by atoms with Gasteiger partial charge in [0.2, 0.25) is 0 Å². The highest BCUT2D eigenvalue weighted by Crippen LogP contribution is 2.42. The van der Waals surface area contributed by atoms with Crippen molar-refractivity contribution in [2.24, 2.45) is 0 Å². The van der Waals surface area contributed by atoms with Crippen LogP contribution >= 0.6 is 0 Å². The molecule has 6 aromatic carbocycles. The predicted molar refractivity (Wildman–Crippen MR) is 184 cm³/mol. The average Bonchev–Trinajstić information content (AvgIpc) is 3.62. The van der Waals surface area contributed by atoms with E-state index < -0.39 is 8.07 Å². The van der Waals surface area contributed by atoms with Crippen molar-refractivity contribution in [3.63, 3.8) is 0 Å². The molecular weight excluding hydrogens is 549 g/mol. The highest BCUT2D eigenvalue weighted by molar-refractivity contribution is 7.22. The van der Waals surface area contributed by atoms with E-state index in [1.54, 1.807) is 0 Å². The molecule has 7 aromatic rings. The summed E-state index contributed by atoms with van der Waals surface area (Å²) in [5.41, 5.74) is 10.7. The summed E-state index contributed by atoms with van der Waals surface area (Å²) < 4.78 is 0. The predicted octanol–water partition coefficient (Wildman–Crippen LogP) is 6.74. The van der Waals surface area contributed by atoms with Crippen LogP contribution in [-0.4, -0.2) is 18.0 Å². The minimum absolute atomic E-state index is 0.790. The minimum atomic E-state index is -2.60. The molecule has 0 amide bonds. The first-order valence-electron chi connectivity index (χ1n) is 15.2. The van der Waals surface area contributed by atoms with E-state index >= 15 is 0 Å². The zero-order valence-corrected chi connectivity index (χ0v) is 25.1. The second kappa shape index (κ2) is 9.83. The van der Waals surface area contributed by atoms with E-state index in [2.05, 4.69) is 158 Å². The van der Waals surface area contributed by atoms with Gasteiger partial charge >= 0.3 is 0 Å². The van der Waals surface area contributed by atoms with Gasteiger partial charge in [-0.25, -0.2) is 9.97 Å². The Kier molecular flexibility index (Phi) is 5.62. The molecule has 44 heavy (non-hydrogen) atoms. The highest BCUT2D eigenvalue weighted by atomic mass is 28.3. The molecule has 2 nitrogen and oxygen atoms in total. The van der Waals surface area contributed by atoms with Gasteiger partial charge in [-0.2, -0.15) is 0 Å². The maximum atomic E-state index is 5.36. The number of rotatable bonds is 4. The Morgan fingerprint density at radius 3 is 1.77 bits per heavy atom. The zero-order valence-electron chi connectivity index (χ0n) is 24.1. The Balaban J connectivity index is 1.32. The Morgan fingerprint density at radius 2 is 1.05 bits per heavy atom. The molecule has 0 bridgehead atoms. The van der Waals surface area contributed by atoms with Crippen molar-refractivity contribution in [2.75, 3.05) is 0 Å². The molecule has 2 heterocycles. The molecule has 0 saturated carbocycles. The van der Waals surface area contributed by atoms with E-state index in [1.165, 1.54) is 48.6 Å². The van der Waals surface area contributed by atoms with Gasteiger partial charge in [-0.3, -0.25) is 0 Å². The third-order valence-corrected chi connectivity index (χ3v) is 14.3. The molecule has 2 aliphatic rings. The number of fused-ring (bicyclic) bond motifs is 6. The fraction of sp³-hybridized carbons (Fsp3) is 0.0244. The fourth-order valence-corrected chi connectivity index (χ4v) is 12.7. The number of hydrogen-bond acceptors (Lipinski definition) is 2. The maximum absolute atomic E-state index is 5.36. The summed E-state index contributed by atoms with van der Waals surface area (Å²) in [5, 5.41) is 5.64. The van der Waals surface area contributed by atoms with E-state index in [0.29, 0.717) is 0 Å². The molecule has 3 heteroatoms. The molecule has 0 unspecified atom stereocenters. The maximum Gasteiger partial charge on any atom is 0.180 e. The molecule has 0 atom stereocenters. The van der Waals surface area contributed by atoms with E-state index in [0.717, 1.165) is 34.8 Å². The van der Waals surface area contributed by atoms with Gasteiger partial charge in [0.25, 0.3) is 0 Å². The smallest absolute Gasteiger partial charge is 0.180 e. The third-order valence-electron chi connectivity index (χ3n) is 9.39. The zero-order chi connectivity index (χ0) is 29.1. The van der Waals surface area contributed by atoms with Gasteiger partial charge in [0, 0.05) is 23.1 Å². The lowest BCUT2D eigenvalue weighted by molar-refractivity contribution is 1.08. The lowest BCUT2D eigenvalue weighted by Crippen LogP contribution is -2.72. The molecule has 0 fully saturated rings. The van der Waals surface area contributed by atoms with Crippen molar-refractivity contribution in [2.45, 2.75) is 6.42 Å². The SMILES string of the molecule is c1ccc(-c2nc(-c3ccc4c(c3)[Si](c3ccccc3)(c3ccccc3)c3ccccc3-4)nc3c2-c2ccccc2C3)cc1. The van der Waals surface area contributed by atoms with Crippen molar-refractivity contribution in [1.29, 1.82) is 0 Å². The van der Waals surface area contributed by atoms with Crippen LogP contribution < -0.4 is 20.7 Å². The second-order valence-corrected chi connectivity index (χ2v) is 15.4. The van der Waals surface area contributed by atoms with Gasteiger partial charge < -0.3 is 0 Å². The van der Waals surface area contributed by atoms with Crippen LogP contribution in [0.2, 0.25) is 0 Å². The fourth-order valence-electron chi connectivity index (χ4n) is 7.53. The molecule has 206 valence electrons.